The molecule has 0 radical (unpaired) electrons. The molecule has 0 aliphatic rings. The quantitative estimate of drug-likeness (QED) is 0.649. The lowest BCUT2D eigenvalue weighted by molar-refractivity contribution is 0.359. The van der Waals surface area contributed by atoms with Crippen LogP contribution in [0.5, 0.6) is 0 Å². The van der Waals surface area contributed by atoms with Crippen LogP contribution in [0.15, 0.2) is 24.5 Å². The van der Waals surface area contributed by atoms with Crippen molar-refractivity contribution < 1.29 is 0 Å². The van der Waals surface area contributed by atoms with Crippen LogP contribution in [-0.4, -0.2) is 4.98 Å². The molecule has 1 atom stereocenters. The molecule has 0 saturated carbocycles. The fourth-order valence-electron chi connectivity index (χ4n) is 1.39. The van der Waals surface area contributed by atoms with Crippen LogP contribution >= 0.6 is 0 Å². The highest BCUT2D eigenvalue weighted by Crippen LogP contribution is 2.31. The van der Waals surface area contributed by atoms with E-state index in [1.807, 2.05) is 12.1 Å². The first-order valence-electron chi connectivity index (χ1n) is 4.79. The maximum Gasteiger partial charge on any atom is 0.250 e. The zero-order valence-corrected chi connectivity index (χ0v) is 8.99. The molecule has 2 nitrogen and oxygen atoms in total. The Kier molecular flexibility index (Phi) is 3.24. The van der Waals surface area contributed by atoms with Crippen LogP contribution in [0, 0.1) is 12.0 Å². The van der Waals surface area contributed by atoms with Crippen LogP contribution in [0.25, 0.3) is 4.85 Å². The average molecular weight is 188 g/mol. The Balaban J connectivity index is 2.80. The Morgan fingerprint density at radius 1 is 1.50 bits per heavy atom. The second-order valence-corrected chi connectivity index (χ2v) is 4.70. The van der Waals surface area contributed by atoms with E-state index in [9.17, 15) is 0 Å². The Labute approximate surface area is 85.8 Å². The summed E-state index contributed by atoms with van der Waals surface area (Å²) >= 11 is 0. The Hall–Kier alpha value is -1.36. The second-order valence-electron chi connectivity index (χ2n) is 4.70. The molecular weight excluding hydrogens is 172 g/mol. The highest BCUT2D eigenvalue weighted by atomic mass is 14.7. The van der Waals surface area contributed by atoms with E-state index in [4.69, 9.17) is 6.57 Å². The number of aromatic nitrogens is 1. The van der Waals surface area contributed by atoms with E-state index in [1.165, 1.54) is 0 Å². The van der Waals surface area contributed by atoms with E-state index >= 15 is 0 Å². The van der Waals surface area contributed by atoms with Crippen molar-refractivity contribution >= 4 is 0 Å². The molecule has 1 unspecified atom stereocenters. The number of pyridine rings is 1. The minimum Gasteiger partial charge on any atom is -0.308 e. The Bertz CT molecular complexity index is 316. The van der Waals surface area contributed by atoms with E-state index in [0.29, 0.717) is 0 Å². The average Bonchev–Trinajstić information content (AvgIpc) is 2.14. The third kappa shape index (κ3) is 3.18. The monoisotopic (exact) mass is 188 g/mol. The topological polar surface area (TPSA) is 17.2 Å². The van der Waals surface area contributed by atoms with Gasteiger partial charge in [0.25, 0.3) is 6.04 Å². The van der Waals surface area contributed by atoms with Gasteiger partial charge in [-0.1, -0.05) is 20.8 Å². The number of nitrogens with zero attached hydrogens (tertiary/aromatic N) is 2. The molecule has 74 valence electrons. The van der Waals surface area contributed by atoms with E-state index in [1.54, 1.807) is 12.4 Å². The molecule has 0 aromatic carbocycles. The summed E-state index contributed by atoms with van der Waals surface area (Å²) < 4.78 is 0. The first-order chi connectivity index (χ1) is 6.53. The molecule has 1 heterocycles. The van der Waals surface area contributed by atoms with Crippen LogP contribution in [0.3, 0.4) is 0 Å². The normalized spacial score (nSPS) is 13.3. The molecular formula is C12H16N2. The summed E-state index contributed by atoms with van der Waals surface area (Å²) in [7, 11) is 0. The highest BCUT2D eigenvalue weighted by Gasteiger charge is 2.23. The van der Waals surface area contributed by atoms with Gasteiger partial charge >= 0.3 is 0 Å². The zero-order valence-electron chi connectivity index (χ0n) is 8.99. The molecule has 0 N–H and O–H groups in total. The van der Waals surface area contributed by atoms with Crippen LogP contribution in [-0.2, 0) is 0 Å². The molecule has 2 heteroatoms. The summed E-state index contributed by atoms with van der Waals surface area (Å²) in [5, 5.41) is 0. The van der Waals surface area contributed by atoms with Gasteiger partial charge in [-0.15, -0.1) is 0 Å². The van der Waals surface area contributed by atoms with Gasteiger partial charge in [-0.2, -0.15) is 0 Å². The van der Waals surface area contributed by atoms with Crippen LogP contribution in [0.1, 0.15) is 38.8 Å². The molecule has 1 aromatic heterocycles. The molecule has 0 spiro atoms. The van der Waals surface area contributed by atoms with Gasteiger partial charge in [-0.25, -0.2) is 6.57 Å². The van der Waals surface area contributed by atoms with Gasteiger partial charge in [-0.05, 0) is 17.5 Å². The van der Waals surface area contributed by atoms with Crippen molar-refractivity contribution in [2.75, 3.05) is 0 Å². The van der Waals surface area contributed by atoms with Gasteiger partial charge in [0.05, 0.1) is 5.56 Å². The van der Waals surface area contributed by atoms with Gasteiger partial charge in [0.2, 0.25) is 0 Å². The molecule has 0 aliphatic heterocycles. The van der Waals surface area contributed by atoms with Gasteiger partial charge in [0.1, 0.15) is 0 Å². The lowest BCUT2D eigenvalue weighted by Gasteiger charge is -2.18. The third-order valence-corrected chi connectivity index (χ3v) is 2.03. The summed E-state index contributed by atoms with van der Waals surface area (Å²) in [6, 6.07) is 3.81. The lowest BCUT2D eigenvalue weighted by Crippen LogP contribution is -2.09. The summed E-state index contributed by atoms with van der Waals surface area (Å²) in [6.07, 6.45) is 4.40. The predicted octanol–water partition coefficient (Wildman–Crippen LogP) is 3.48. The van der Waals surface area contributed by atoms with E-state index in [2.05, 4.69) is 30.6 Å². The van der Waals surface area contributed by atoms with Crippen LogP contribution in [0.2, 0.25) is 0 Å². The third-order valence-electron chi connectivity index (χ3n) is 2.03. The molecule has 0 amide bonds. The maximum absolute atomic E-state index is 7.17. The first kappa shape index (κ1) is 10.7. The van der Waals surface area contributed by atoms with Crippen LogP contribution in [0.4, 0.5) is 0 Å². The summed E-state index contributed by atoms with van der Waals surface area (Å²) in [6.45, 7) is 13.6. The lowest BCUT2D eigenvalue weighted by atomic mass is 9.86. The molecule has 1 aromatic rings. The number of hydrogen-bond acceptors (Lipinski definition) is 1. The van der Waals surface area contributed by atoms with Crippen molar-refractivity contribution in [2.24, 2.45) is 5.41 Å². The SMILES string of the molecule is [C-]#[N+]C(CC(C)(C)C)c1cccnc1. The molecule has 1 rings (SSSR count). The van der Waals surface area contributed by atoms with Gasteiger partial charge < -0.3 is 4.85 Å². The minimum atomic E-state index is -0.0521. The van der Waals surface area contributed by atoms with Gasteiger partial charge in [0, 0.05) is 18.8 Å². The predicted molar refractivity (Wildman–Crippen MR) is 57.7 cm³/mol. The van der Waals surface area contributed by atoms with Crippen molar-refractivity contribution in [1.82, 2.24) is 4.98 Å². The van der Waals surface area contributed by atoms with E-state index in [-0.39, 0.29) is 11.5 Å². The van der Waals surface area contributed by atoms with E-state index < -0.39 is 0 Å². The van der Waals surface area contributed by atoms with Crippen molar-refractivity contribution in [3.05, 3.63) is 41.5 Å². The molecule has 14 heavy (non-hydrogen) atoms. The smallest absolute Gasteiger partial charge is 0.250 e. The summed E-state index contributed by atoms with van der Waals surface area (Å²) in [5.74, 6) is 0. The Morgan fingerprint density at radius 2 is 2.21 bits per heavy atom. The number of rotatable bonds is 2. The van der Waals surface area contributed by atoms with E-state index in [0.717, 1.165) is 12.0 Å². The van der Waals surface area contributed by atoms with Crippen molar-refractivity contribution in [2.45, 2.75) is 33.2 Å². The highest BCUT2D eigenvalue weighted by molar-refractivity contribution is 5.17. The molecule has 0 bridgehead atoms. The maximum atomic E-state index is 7.17. The second kappa shape index (κ2) is 4.23. The Morgan fingerprint density at radius 3 is 2.64 bits per heavy atom. The van der Waals surface area contributed by atoms with Crippen LogP contribution < -0.4 is 0 Å². The van der Waals surface area contributed by atoms with Gasteiger partial charge in [-0.3, -0.25) is 4.98 Å². The molecule has 0 aliphatic carbocycles. The standard InChI is InChI=1S/C12H16N2/c1-12(2,3)8-11(13-4)10-6-5-7-14-9-10/h5-7,9,11H,8H2,1-3H3. The largest absolute Gasteiger partial charge is 0.308 e. The number of hydrogen-bond donors (Lipinski definition) is 0. The zero-order chi connectivity index (χ0) is 10.6. The van der Waals surface area contributed by atoms with Crippen molar-refractivity contribution in [3.63, 3.8) is 0 Å². The van der Waals surface area contributed by atoms with Crippen molar-refractivity contribution in [3.8, 4) is 0 Å². The summed E-state index contributed by atoms with van der Waals surface area (Å²) in [4.78, 5) is 7.69. The van der Waals surface area contributed by atoms with Crippen molar-refractivity contribution in [1.29, 1.82) is 0 Å². The first-order valence-corrected chi connectivity index (χ1v) is 4.79. The molecule has 0 saturated heterocycles. The minimum absolute atomic E-state index is 0.0521. The summed E-state index contributed by atoms with van der Waals surface area (Å²) in [5.41, 5.74) is 1.21. The fraction of sp³-hybridized carbons (Fsp3) is 0.500. The molecule has 0 fully saturated rings. The fourth-order valence-corrected chi connectivity index (χ4v) is 1.39. The van der Waals surface area contributed by atoms with Gasteiger partial charge in [0.15, 0.2) is 0 Å².